The Hall–Kier alpha value is -2.12. The zero-order chi connectivity index (χ0) is 18.4. The maximum atomic E-state index is 12.4. The lowest BCUT2D eigenvalue weighted by atomic mass is 10.0. The van der Waals surface area contributed by atoms with Crippen molar-refractivity contribution in [1.82, 2.24) is 10.4 Å². The Bertz CT molecular complexity index is 585. The van der Waals surface area contributed by atoms with Crippen molar-refractivity contribution in [3.63, 3.8) is 0 Å². The molecule has 0 bridgehead atoms. The van der Waals surface area contributed by atoms with Crippen LogP contribution in [0.4, 0.5) is 4.79 Å². The van der Waals surface area contributed by atoms with Crippen LogP contribution in [0.15, 0.2) is 30.3 Å². The van der Waals surface area contributed by atoms with Crippen molar-refractivity contribution in [2.45, 2.75) is 58.0 Å². The van der Waals surface area contributed by atoms with E-state index in [4.69, 9.17) is 9.47 Å². The Labute approximate surface area is 147 Å². The number of ether oxygens (including phenoxy) is 2. The van der Waals surface area contributed by atoms with Crippen molar-refractivity contribution in [1.29, 1.82) is 0 Å². The number of carbonyl (C=O) groups is 2. The summed E-state index contributed by atoms with van der Waals surface area (Å²) in [5.41, 5.74) is 2.82. The van der Waals surface area contributed by atoms with Crippen LogP contribution in [0.1, 0.15) is 39.2 Å². The zero-order valence-electron chi connectivity index (χ0n) is 14.9. The highest BCUT2D eigenvalue weighted by molar-refractivity contribution is 5.77. The molecule has 0 spiro atoms. The van der Waals surface area contributed by atoms with Gasteiger partial charge in [-0.2, -0.15) is 0 Å². The van der Waals surface area contributed by atoms with Gasteiger partial charge in [0.1, 0.15) is 18.2 Å². The van der Waals surface area contributed by atoms with Gasteiger partial charge >= 0.3 is 12.1 Å². The minimum atomic E-state index is -0.750. The molecule has 2 rings (SSSR count). The van der Waals surface area contributed by atoms with Crippen LogP contribution >= 0.6 is 0 Å². The highest BCUT2D eigenvalue weighted by Crippen LogP contribution is 2.18. The SMILES string of the molecule is CC(C)(C)OC(=O)NN1CCC(O)CC1C(=O)OCc1ccccc1. The Morgan fingerprint density at radius 3 is 2.60 bits per heavy atom. The largest absolute Gasteiger partial charge is 0.460 e. The molecule has 0 saturated carbocycles. The number of aliphatic hydroxyl groups excluding tert-OH is 1. The van der Waals surface area contributed by atoms with Crippen LogP contribution in [0, 0.1) is 0 Å². The Morgan fingerprint density at radius 2 is 1.96 bits per heavy atom. The number of rotatable bonds is 4. The molecule has 1 fully saturated rings. The summed E-state index contributed by atoms with van der Waals surface area (Å²) in [6, 6.07) is 8.59. The lowest BCUT2D eigenvalue weighted by molar-refractivity contribution is -0.156. The van der Waals surface area contributed by atoms with Crippen LogP contribution < -0.4 is 5.43 Å². The molecule has 1 aromatic carbocycles. The molecule has 0 aliphatic carbocycles. The minimum Gasteiger partial charge on any atom is -0.460 e. The van der Waals surface area contributed by atoms with Gasteiger partial charge in [0.25, 0.3) is 0 Å². The zero-order valence-corrected chi connectivity index (χ0v) is 14.9. The number of nitrogens with zero attached hydrogens (tertiary/aromatic N) is 1. The van der Waals surface area contributed by atoms with Crippen LogP contribution in [0.5, 0.6) is 0 Å². The van der Waals surface area contributed by atoms with Crippen molar-refractivity contribution in [2.24, 2.45) is 0 Å². The topological polar surface area (TPSA) is 88.1 Å². The van der Waals surface area contributed by atoms with Gasteiger partial charge < -0.3 is 14.6 Å². The van der Waals surface area contributed by atoms with Crippen LogP contribution in [-0.4, -0.2) is 46.5 Å². The fraction of sp³-hybridized carbons (Fsp3) is 0.556. The van der Waals surface area contributed by atoms with Crippen molar-refractivity contribution in [2.75, 3.05) is 6.54 Å². The van der Waals surface area contributed by atoms with Crippen molar-refractivity contribution in [3.05, 3.63) is 35.9 Å². The number of esters is 1. The third kappa shape index (κ3) is 6.36. The molecule has 25 heavy (non-hydrogen) atoms. The molecule has 1 amide bonds. The molecule has 7 heteroatoms. The summed E-state index contributed by atoms with van der Waals surface area (Å²) >= 11 is 0. The second kappa shape index (κ2) is 8.31. The van der Waals surface area contributed by atoms with E-state index in [1.54, 1.807) is 20.8 Å². The fourth-order valence-electron chi connectivity index (χ4n) is 2.55. The molecule has 2 unspecified atom stereocenters. The minimum absolute atomic E-state index is 0.145. The third-order valence-electron chi connectivity index (χ3n) is 3.70. The quantitative estimate of drug-likeness (QED) is 0.808. The van der Waals surface area contributed by atoms with Crippen LogP contribution in [0.3, 0.4) is 0 Å². The summed E-state index contributed by atoms with van der Waals surface area (Å²) in [5, 5.41) is 11.4. The molecular formula is C18H26N2O5. The van der Waals surface area contributed by atoms with Crippen molar-refractivity contribution in [3.8, 4) is 0 Å². The summed E-state index contributed by atoms with van der Waals surface area (Å²) in [6.07, 6.45) is -0.586. The van der Waals surface area contributed by atoms with Gasteiger partial charge in [-0.05, 0) is 32.8 Å². The first kappa shape index (κ1) is 19.2. The maximum absolute atomic E-state index is 12.4. The number of nitrogens with one attached hydrogen (secondary N) is 1. The molecular weight excluding hydrogens is 324 g/mol. The monoisotopic (exact) mass is 350 g/mol. The van der Waals surface area contributed by atoms with Gasteiger partial charge in [-0.15, -0.1) is 0 Å². The normalized spacial score (nSPS) is 21.4. The molecule has 0 aromatic heterocycles. The summed E-state index contributed by atoms with van der Waals surface area (Å²) in [5.74, 6) is -0.487. The number of hydrogen-bond acceptors (Lipinski definition) is 6. The number of hydrazine groups is 1. The summed E-state index contributed by atoms with van der Waals surface area (Å²) in [7, 11) is 0. The van der Waals surface area contributed by atoms with Crippen LogP contribution in [-0.2, 0) is 20.9 Å². The van der Waals surface area contributed by atoms with E-state index in [1.807, 2.05) is 30.3 Å². The first-order valence-corrected chi connectivity index (χ1v) is 8.39. The van der Waals surface area contributed by atoms with E-state index in [9.17, 15) is 14.7 Å². The van der Waals surface area contributed by atoms with E-state index < -0.39 is 29.8 Å². The molecule has 1 aliphatic heterocycles. The predicted molar refractivity (Wildman–Crippen MR) is 91.3 cm³/mol. The number of hydrogen-bond donors (Lipinski definition) is 2. The number of benzene rings is 1. The number of carbonyl (C=O) groups excluding carboxylic acids is 2. The Morgan fingerprint density at radius 1 is 1.28 bits per heavy atom. The molecule has 7 nitrogen and oxygen atoms in total. The van der Waals surface area contributed by atoms with Gasteiger partial charge in [-0.25, -0.2) is 9.80 Å². The molecule has 1 aromatic rings. The number of amides is 1. The van der Waals surface area contributed by atoms with Gasteiger partial charge in [0, 0.05) is 13.0 Å². The fourth-order valence-corrected chi connectivity index (χ4v) is 2.55. The molecule has 1 saturated heterocycles. The van der Waals surface area contributed by atoms with Gasteiger partial charge in [-0.1, -0.05) is 30.3 Å². The molecule has 2 atom stereocenters. The van der Waals surface area contributed by atoms with Gasteiger partial charge in [0.2, 0.25) is 0 Å². The van der Waals surface area contributed by atoms with E-state index in [0.29, 0.717) is 13.0 Å². The van der Waals surface area contributed by atoms with E-state index in [1.165, 1.54) is 5.01 Å². The second-order valence-corrected chi connectivity index (χ2v) is 7.09. The molecule has 2 N–H and O–H groups in total. The van der Waals surface area contributed by atoms with E-state index in [0.717, 1.165) is 5.56 Å². The summed E-state index contributed by atoms with van der Waals surface area (Å²) in [6.45, 7) is 5.77. The van der Waals surface area contributed by atoms with E-state index in [-0.39, 0.29) is 13.0 Å². The van der Waals surface area contributed by atoms with Crippen LogP contribution in [0.25, 0.3) is 0 Å². The molecule has 1 heterocycles. The summed E-state index contributed by atoms with van der Waals surface area (Å²) < 4.78 is 10.6. The molecule has 1 aliphatic rings. The van der Waals surface area contributed by atoms with Gasteiger partial charge in [0.05, 0.1) is 6.10 Å². The number of aliphatic hydroxyl groups is 1. The van der Waals surface area contributed by atoms with Crippen molar-refractivity contribution < 1.29 is 24.2 Å². The van der Waals surface area contributed by atoms with Gasteiger partial charge in [-0.3, -0.25) is 10.2 Å². The first-order chi connectivity index (χ1) is 11.7. The average molecular weight is 350 g/mol. The predicted octanol–water partition coefficient (Wildman–Crippen LogP) is 1.99. The standard InChI is InChI=1S/C18H26N2O5/c1-18(2,3)25-17(23)19-20-10-9-14(21)11-15(20)16(22)24-12-13-7-5-4-6-8-13/h4-8,14-15,21H,9-12H2,1-3H3,(H,19,23). The lowest BCUT2D eigenvalue weighted by Crippen LogP contribution is -2.57. The van der Waals surface area contributed by atoms with E-state index in [2.05, 4.69) is 5.43 Å². The number of piperidine rings is 1. The Balaban J connectivity index is 1.95. The van der Waals surface area contributed by atoms with E-state index >= 15 is 0 Å². The maximum Gasteiger partial charge on any atom is 0.422 e. The molecule has 138 valence electrons. The smallest absolute Gasteiger partial charge is 0.422 e. The molecule has 0 radical (unpaired) electrons. The lowest BCUT2D eigenvalue weighted by Gasteiger charge is -2.36. The van der Waals surface area contributed by atoms with Gasteiger partial charge in [0.15, 0.2) is 0 Å². The first-order valence-electron chi connectivity index (χ1n) is 8.39. The second-order valence-electron chi connectivity index (χ2n) is 7.09. The highest BCUT2D eigenvalue weighted by Gasteiger charge is 2.35. The summed E-state index contributed by atoms with van der Waals surface area (Å²) in [4.78, 5) is 24.4. The average Bonchev–Trinajstić information content (AvgIpc) is 2.53. The third-order valence-corrected chi connectivity index (χ3v) is 3.70. The highest BCUT2D eigenvalue weighted by atomic mass is 16.6. The van der Waals surface area contributed by atoms with Crippen LogP contribution in [0.2, 0.25) is 0 Å². The van der Waals surface area contributed by atoms with Crippen molar-refractivity contribution >= 4 is 12.1 Å². The Kier molecular flexibility index (Phi) is 6.39.